The Labute approximate surface area is 226 Å². The summed E-state index contributed by atoms with van der Waals surface area (Å²) in [6.45, 7) is 12.0. The second-order valence-corrected chi connectivity index (χ2v) is 10.4. The van der Waals surface area contributed by atoms with E-state index in [1.807, 2.05) is 24.3 Å². The van der Waals surface area contributed by atoms with Crippen LogP contribution in [0.5, 0.6) is 11.5 Å². The van der Waals surface area contributed by atoms with Gasteiger partial charge in [0.1, 0.15) is 23.0 Å². The predicted molar refractivity (Wildman–Crippen MR) is 160 cm³/mol. The number of hydrogen-bond acceptors (Lipinski definition) is 3. The molecule has 0 aromatic heterocycles. The maximum absolute atomic E-state index is 10.3. The summed E-state index contributed by atoms with van der Waals surface area (Å²) in [6.07, 6.45) is 19.7. The number of aryl methyl sites for hydroxylation is 2. The monoisotopic (exact) mass is 506 g/mol. The van der Waals surface area contributed by atoms with Gasteiger partial charge in [0.25, 0.3) is 0 Å². The van der Waals surface area contributed by atoms with Crippen molar-refractivity contribution < 1.29 is 14.9 Å². The lowest BCUT2D eigenvalue weighted by Crippen LogP contribution is -1.98. The summed E-state index contributed by atoms with van der Waals surface area (Å²) in [5.74, 6) is 1.02. The Hall–Kier alpha value is -2.68. The first-order valence-electron chi connectivity index (χ1n) is 14.7. The van der Waals surface area contributed by atoms with Crippen LogP contribution in [0, 0.1) is 0 Å². The normalized spacial score (nSPS) is 11.0. The van der Waals surface area contributed by atoms with Crippen molar-refractivity contribution in [2.45, 2.75) is 117 Å². The van der Waals surface area contributed by atoms with Gasteiger partial charge in [0.15, 0.2) is 0 Å². The van der Waals surface area contributed by atoms with Crippen LogP contribution < -0.4 is 4.74 Å². The number of ether oxygens (including phenoxy) is 1. The van der Waals surface area contributed by atoms with Gasteiger partial charge >= 0.3 is 0 Å². The van der Waals surface area contributed by atoms with Gasteiger partial charge < -0.3 is 14.9 Å². The summed E-state index contributed by atoms with van der Waals surface area (Å²) in [5, 5.41) is 20.5. The molecule has 0 aliphatic heterocycles. The van der Waals surface area contributed by atoms with Crippen molar-refractivity contribution in [1.29, 1.82) is 0 Å². The molecule has 204 valence electrons. The van der Waals surface area contributed by atoms with E-state index in [-0.39, 0.29) is 11.5 Å². The Balaban J connectivity index is 1.99. The highest BCUT2D eigenvalue weighted by atomic mass is 16.5. The molecule has 0 saturated heterocycles. The molecule has 0 amide bonds. The van der Waals surface area contributed by atoms with Crippen molar-refractivity contribution in [2.24, 2.45) is 0 Å². The molecular weight excluding hydrogens is 456 g/mol. The zero-order valence-corrected chi connectivity index (χ0v) is 23.5. The molecule has 0 aliphatic rings. The first kappa shape index (κ1) is 30.5. The number of rotatable bonds is 20. The molecule has 0 bridgehead atoms. The minimum absolute atomic E-state index is 0.0173. The van der Waals surface area contributed by atoms with Crippen LogP contribution in [0.1, 0.15) is 126 Å². The van der Waals surface area contributed by atoms with Crippen LogP contribution in [0.25, 0.3) is 11.5 Å². The van der Waals surface area contributed by atoms with Crippen molar-refractivity contribution in [2.75, 3.05) is 0 Å². The highest BCUT2D eigenvalue weighted by Crippen LogP contribution is 2.34. The van der Waals surface area contributed by atoms with E-state index in [1.54, 1.807) is 0 Å². The lowest BCUT2D eigenvalue weighted by molar-refractivity contribution is 0.457. The third-order valence-electron chi connectivity index (χ3n) is 7.07. The molecule has 0 atom stereocenters. The molecule has 0 radical (unpaired) electrons. The van der Waals surface area contributed by atoms with E-state index in [0.29, 0.717) is 22.6 Å². The van der Waals surface area contributed by atoms with Crippen molar-refractivity contribution >= 4 is 11.5 Å². The van der Waals surface area contributed by atoms with Crippen molar-refractivity contribution in [3.8, 4) is 11.5 Å². The summed E-state index contributed by atoms with van der Waals surface area (Å²) in [5.41, 5.74) is 3.51. The molecule has 0 saturated carbocycles. The zero-order chi connectivity index (χ0) is 26.9. The average molecular weight is 507 g/mol. The summed E-state index contributed by atoms with van der Waals surface area (Å²) in [4.78, 5) is 0. The highest BCUT2D eigenvalue weighted by molar-refractivity contribution is 5.67. The lowest BCUT2D eigenvalue weighted by Gasteiger charge is -2.16. The Morgan fingerprint density at radius 1 is 0.568 bits per heavy atom. The molecule has 37 heavy (non-hydrogen) atoms. The van der Waals surface area contributed by atoms with Crippen LogP contribution in [0.15, 0.2) is 49.6 Å². The highest BCUT2D eigenvalue weighted by Gasteiger charge is 2.14. The number of benzene rings is 2. The molecule has 2 aromatic rings. The number of hydrogen-bond donors (Lipinski definition) is 2. The maximum Gasteiger partial charge on any atom is 0.138 e. The van der Waals surface area contributed by atoms with E-state index < -0.39 is 0 Å². The molecule has 0 unspecified atom stereocenters. The fourth-order valence-electron chi connectivity index (χ4n) is 4.79. The number of aliphatic hydroxyl groups excluding tert-OH is 2. The maximum atomic E-state index is 10.3. The third-order valence-corrected chi connectivity index (χ3v) is 7.07. The summed E-state index contributed by atoms with van der Waals surface area (Å²) < 4.78 is 6.19. The van der Waals surface area contributed by atoms with Crippen LogP contribution in [-0.2, 0) is 12.8 Å². The summed E-state index contributed by atoms with van der Waals surface area (Å²) in [7, 11) is 0. The molecule has 2 rings (SSSR count). The van der Waals surface area contributed by atoms with Gasteiger partial charge in [-0.25, -0.2) is 0 Å². The Morgan fingerprint density at radius 2 is 0.919 bits per heavy atom. The van der Waals surface area contributed by atoms with E-state index in [9.17, 15) is 10.2 Å². The first-order chi connectivity index (χ1) is 18.0. The topological polar surface area (TPSA) is 49.7 Å². The Morgan fingerprint density at radius 3 is 1.27 bits per heavy atom. The number of aliphatic hydroxyl groups is 2. The van der Waals surface area contributed by atoms with E-state index in [4.69, 9.17) is 4.74 Å². The second-order valence-electron chi connectivity index (χ2n) is 10.4. The Kier molecular flexibility index (Phi) is 14.6. The predicted octanol–water partition coefficient (Wildman–Crippen LogP) is 11.1. The molecule has 2 N–H and O–H groups in total. The second kappa shape index (κ2) is 17.7. The van der Waals surface area contributed by atoms with Crippen LogP contribution in [0.2, 0.25) is 0 Å². The van der Waals surface area contributed by atoms with Crippen molar-refractivity contribution in [3.63, 3.8) is 0 Å². The van der Waals surface area contributed by atoms with Gasteiger partial charge in [-0.15, -0.1) is 0 Å². The van der Waals surface area contributed by atoms with Gasteiger partial charge in [-0.3, -0.25) is 0 Å². The summed E-state index contributed by atoms with van der Waals surface area (Å²) >= 11 is 0. The lowest BCUT2D eigenvalue weighted by atomic mass is 10.0. The van der Waals surface area contributed by atoms with Crippen LogP contribution >= 0.6 is 0 Å². The van der Waals surface area contributed by atoms with Gasteiger partial charge in [0, 0.05) is 0 Å². The van der Waals surface area contributed by atoms with E-state index in [1.165, 1.54) is 88.2 Å². The third kappa shape index (κ3) is 11.5. The minimum Gasteiger partial charge on any atom is -0.508 e. The number of unbranched alkanes of at least 4 members (excludes halogenated alkanes) is 12. The van der Waals surface area contributed by atoms with Gasteiger partial charge in [0.05, 0.1) is 11.1 Å². The Bertz CT molecular complexity index is 882. The molecule has 3 heteroatoms. The molecule has 0 spiro atoms. The fourth-order valence-corrected chi connectivity index (χ4v) is 4.79. The summed E-state index contributed by atoms with van der Waals surface area (Å²) in [6, 6.07) is 11.8. The molecule has 0 fully saturated rings. The SMILES string of the molecule is C=C(O)c1cc(CCCCCCCCC)ccc1Oc1ccc(CCCCCCCCC)cc1C(=C)O. The van der Waals surface area contributed by atoms with E-state index in [0.717, 1.165) is 25.7 Å². The average Bonchev–Trinajstić information content (AvgIpc) is 2.88. The van der Waals surface area contributed by atoms with E-state index in [2.05, 4.69) is 39.1 Å². The van der Waals surface area contributed by atoms with Crippen molar-refractivity contribution in [1.82, 2.24) is 0 Å². The van der Waals surface area contributed by atoms with Crippen LogP contribution in [0.4, 0.5) is 0 Å². The standard InChI is InChI=1S/C34H50O3/c1-5-7-9-11-13-15-17-19-29-21-23-33(31(25-29)27(3)35)37-34-24-22-30(26-32(34)28(4)36)20-18-16-14-12-10-8-6-2/h21-26,35-36H,3-20H2,1-2H3. The molecule has 0 aliphatic carbocycles. The molecule has 2 aromatic carbocycles. The van der Waals surface area contributed by atoms with Gasteiger partial charge in [-0.2, -0.15) is 0 Å². The van der Waals surface area contributed by atoms with Gasteiger partial charge in [-0.1, -0.05) is 116 Å². The van der Waals surface area contributed by atoms with E-state index >= 15 is 0 Å². The van der Waals surface area contributed by atoms with Crippen molar-refractivity contribution in [3.05, 3.63) is 71.8 Å². The molecule has 0 heterocycles. The minimum atomic E-state index is -0.0173. The largest absolute Gasteiger partial charge is 0.508 e. The fraction of sp³-hybridized carbons (Fsp3) is 0.529. The first-order valence-corrected chi connectivity index (χ1v) is 14.7. The van der Waals surface area contributed by atoms with Crippen LogP contribution in [-0.4, -0.2) is 10.2 Å². The smallest absolute Gasteiger partial charge is 0.138 e. The quantitative estimate of drug-likeness (QED) is 0.139. The van der Waals surface area contributed by atoms with Gasteiger partial charge in [0.2, 0.25) is 0 Å². The molecule has 3 nitrogen and oxygen atoms in total. The van der Waals surface area contributed by atoms with Crippen LogP contribution in [0.3, 0.4) is 0 Å². The van der Waals surface area contributed by atoms with Gasteiger partial charge in [-0.05, 0) is 61.1 Å². The molecular formula is C34H50O3. The zero-order valence-electron chi connectivity index (χ0n) is 23.5.